The quantitative estimate of drug-likeness (QED) is 0.864. The van der Waals surface area contributed by atoms with Crippen LogP contribution in [0, 0.1) is 5.92 Å². The van der Waals surface area contributed by atoms with Gasteiger partial charge in [-0.15, -0.1) is 0 Å². The van der Waals surface area contributed by atoms with Crippen molar-refractivity contribution in [3.05, 3.63) is 29.8 Å². The molecule has 1 N–H and O–H groups in total. The third kappa shape index (κ3) is 4.03. The summed E-state index contributed by atoms with van der Waals surface area (Å²) >= 11 is 0. The van der Waals surface area contributed by atoms with Crippen molar-refractivity contribution in [1.29, 1.82) is 0 Å². The van der Waals surface area contributed by atoms with Crippen LogP contribution in [0.3, 0.4) is 0 Å². The zero-order valence-electron chi connectivity index (χ0n) is 12.7. The minimum absolute atomic E-state index is 0.365. The van der Waals surface area contributed by atoms with Gasteiger partial charge in [0.05, 0.1) is 11.5 Å². The first-order valence-electron chi connectivity index (χ1n) is 7.30. The van der Waals surface area contributed by atoms with Gasteiger partial charge in [-0.2, -0.15) is 4.31 Å². The molecule has 118 valence electrons. The molecule has 0 aromatic heterocycles. The molecule has 0 amide bonds. The number of sulfonamides is 1. The minimum Gasteiger partial charge on any atom is -0.380 e. The molecule has 2 rings (SSSR count). The lowest BCUT2D eigenvalue weighted by Crippen LogP contribution is -2.40. The first-order valence-corrected chi connectivity index (χ1v) is 8.74. The normalized spacial score (nSPS) is 18.0. The van der Waals surface area contributed by atoms with Gasteiger partial charge in [-0.3, -0.25) is 0 Å². The van der Waals surface area contributed by atoms with Crippen molar-refractivity contribution in [2.75, 3.05) is 33.8 Å². The molecule has 1 aliphatic rings. The lowest BCUT2D eigenvalue weighted by Gasteiger charge is -2.31. The third-order valence-corrected chi connectivity index (χ3v) is 5.81. The van der Waals surface area contributed by atoms with E-state index < -0.39 is 10.0 Å². The Bertz CT molecular complexity index is 552. The molecule has 5 nitrogen and oxygen atoms in total. The van der Waals surface area contributed by atoms with Crippen molar-refractivity contribution in [2.45, 2.75) is 24.3 Å². The molecule has 21 heavy (non-hydrogen) atoms. The maximum atomic E-state index is 12.7. The summed E-state index contributed by atoms with van der Waals surface area (Å²) in [5.41, 5.74) is 0.878. The molecule has 0 aliphatic carbocycles. The molecule has 0 unspecified atom stereocenters. The van der Waals surface area contributed by atoms with Crippen molar-refractivity contribution in [1.82, 2.24) is 9.62 Å². The molecule has 0 spiro atoms. The fourth-order valence-electron chi connectivity index (χ4n) is 2.75. The van der Waals surface area contributed by atoms with Crippen molar-refractivity contribution < 1.29 is 13.2 Å². The number of hydrogen-bond acceptors (Lipinski definition) is 4. The van der Waals surface area contributed by atoms with Crippen LogP contribution in [0.1, 0.15) is 18.4 Å². The van der Waals surface area contributed by atoms with E-state index in [1.807, 2.05) is 13.1 Å². The number of benzene rings is 1. The van der Waals surface area contributed by atoms with E-state index in [0.29, 0.717) is 30.5 Å². The van der Waals surface area contributed by atoms with Gasteiger partial charge in [-0.25, -0.2) is 8.42 Å². The molecule has 6 heteroatoms. The van der Waals surface area contributed by atoms with E-state index in [0.717, 1.165) is 24.9 Å². The Morgan fingerprint density at radius 3 is 2.67 bits per heavy atom. The Hall–Kier alpha value is -0.950. The van der Waals surface area contributed by atoms with Crippen molar-refractivity contribution in [2.24, 2.45) is 5.92 Å². The highest BCUT2D eigenvalue weighted by molar-refractivity contribution is 7.89. The van der Waals surface area contributed by atoms with Gasteiger partial charge in [0.2, 0.25) is 10.0 Å². The number of piperidine rings is 1. The molecular weight excluding hydrogens is 288 g/mol. The number of nitrogens with zero attached hydrogens (tertiary/aromatic N) is 1. The zero-order chi connectivity index (χ0) is 15.3. The molecule has 0 radical (unpaired) electrons. The summed E-state index contributed by atoms with van der Waals surface area (Å²) in [6.45, 7) is 2.58. The number of rotatable bonds is 6. The Morgan fingerprint density at radius 1 is 1.33 bits per heavy atom. The summed E-state index contributed by atoms with van der Waals surface area (Å²) < 4.78 is 32.0. The van der Waals surface area contributed by atoms with Crippen LogP contribution < -0.4 is 5.32 Å². The summed E-state index contributed by atoms with van der Waals surface area (Å²) in [6.07, 6.45) is 1.83. The third-order valence-electron chi connectivity index (χ3n) is 3.91. The van der Waals surface area contributed by atoms with Gasteiger partial charge >= 0.3 is 0 Å². The first kappa shape index (κ1) is 16.4. The van der Waals surface area contributed by atoms with Crippen LogP contribution in [0.15, 0.2) is 29.2 Å². The molecule has 1 aromatic carbocycles. The summed E-state index contributed by atoms with van der Waals surface area (Å²) in [4.78, 5) is 0.365. The molecule has 1 heterocycles. The number of nitrogens with one attached hydrogen (secondary N) is 1. The van der Waals surface area contributed by atoms with Crippen molar-refractivity contribution >= 4 is 10.0 Å². The van der Waals surface area contributed by atoms with E-state index in [1.54, 1.807) is 29.6 Å². The van der Waals surface area contributed by atoms with E-state index in [9.17, 15) is 8.42 Å². The molecular formula is C15H24N2O3S. The predicted molar refractivity (Wildman–Crippen MR) is 82.6 cm³/mol. The first-order chi connectivity index (χ1) is 10.1. The predicted octanol–water partition coefficient (Wildman–Crippen LogP) is 1.45. The number of hydrogen-bond donors (Lipinski definition) is 1. The Kier molecular flexibility index (Phi) is 5.75. The van der Waals surface area contributed by atoms with Crippen LogP contribution in [0.5, 0.6) is 0 Å². The lowest BCUT2D eigenvalue weighted by atomic mass is 9.98. The van der Waals surface area contributed by atoms with Gasteiger partial charge in [0.1, 0.15) is 0 Å². The van der Waals surface area contributed by atoms with Gasteiger partial charge in [-0.05, 0) is 50.0 Å². The van der Waals surface area contributed by atoms with E-state index >= 15 is 0 Å². The fraction of sp³-hybridized carbons (Fsp3) is 0.600. The SMILES string of the molecule is CNCC1CCN(S(=O)(=O)c2cccc(COC)c2)CC1. The van der Waals surface area contributed by atoms with Gasteiger partial charge in [0, 0.05) is 20.2 Å². The second-order valence-electron chi connectivity index (χ2n) is 5.49. The monoisotopic (exact) mass is 312 g/mol. The van der Waals surface area contributed by atoms with Crippen LogP contribution in [0.2, 0.25) is 0 Å². The van der Waals surface area contributed by atoms with E-state index in [1.165, 1.54) is 0 Å². The summed E-state index contributed by atoms with van der Waals surface area (Å²) in [5.74, 6) is 0.571. The fourth-order valence-corrected chi connectivity index (χ4v) is 4.29. The number of ether oxygens (including phenoxy) is 1. The highest BCUT2D eigenvalue weighted by Gasteiger charge is 2.29. The molecule has 0 saturated carbocycles. The van der Waals surface area contributed by atoms with Gasteiger partial charge in [0.15, 0.2) is 0 Å². The van der Waals surface area contributed by atoms with Gasteiger partial charge in [0.25, 0.3) is 0 Å². The molecule has 1 fully saturated rings. The largest absolute Gasteiger partial charge is 0.380 e. The molecule has 0 atom stereocenters. The maximum absolute atomic E-state index is 12.7. The highest BCUT2D eigenvalue weighted by Crippen LogP contribution is 2.24. The van der Waals surface area contributed by atoms with Crippen LogP contribution in [0.4, 0.5) is 0 Å². The summed E-state index contributed by atoms with van der Waals surface area (Å²) in [7, 11) is 0.156. The molecule has 1 aromatic rings. The lowest BCUT2D eigenvalue weighted by molar-refractivity contribution is 0.184. The number of methoxy groups -OCH3 is 1. The Morgan fingerprint density at radius 2 is 2.05 bits per heavy atom. The zero-order valence-corrected chi connectivity index (χ0v) is 13.5. The molecule has 1 saturated heterocycles. The van der Waals surface area contributed by atoms with Crippen LogP contribution in [-0.2, 0) is 21.4 Å². The van der Waals surface area contributed by atoms with Crippen LogP contribution in [0.25, 0.3) is 0 Å². The molecule has 1 aliphatic heterocycles. The van der Waals surface area contributed by atoms with E-state index in [-0.39, 0.29) is 0 Å². The maximum Gasteiger partial charge on any atom is 0.243 e. The topological polar surface area (TPSA) is 58.6 Å². The average Bonchev–Trinajstić information content (AvgIpc) is 2.49. The standard InChI is InChI=1S/C15H24N2O3S/c1-16-11-13-6-8-17(9-7-13)21(18,19)15-5-3-4-14(10-15)12-20-2/h3-5,10,13,16H,6-9,11-12H2,1-2H3. The van der Waals surface area contributed by atoms with E-state index in [2.05, 4.69) is 5.32 Å². The van der Waals surface area contributed by atoms with Crippen LogP contribution >= 0.6 is 0 Å². The van der Waals surface area contributed by atoms with Crippen molar-refractivity contribution in [3.8, 4) is 0 Å². The molecule has 0 bridgehead atoms. The Labute approximate surface area is 127 Å². The minimum atomic E-state index is -3.38. The average molecular weight is 312 g/mol. The van der Waals surface area contributed by atoms with Crippen molar-refractivity contribution in [3.63, 3.8) is 0 Å². The summed E-state index contributed by atoms with van der Waals surface area (Å²) in [5, 5.41) is 3.16. The van der Waals surface area contributed by atoms with Crippen LogP contribution in [-0.4, -0.2) is 46.5 Å². The van der Waals surface area contributed by atoms with Gasteiger partial charge in [-0.1, -0.05) is 12.1 Å². The summed E-state index contributed by atoms with van der Waals surface area (Å²) in [6, 6.07) is 7.02. The van der Waals surface area contributed by atoms with E-state index in [4.69, 9.17) is 4.74 Å². The highest BCUT2D eigenvalue weighted by atomic mass is 32.2. The second-order valence-corrected chi connectivity index (χ2v) is 7.42. The second kappa shape index (κ2) is 7.35. The smallest absolute Gasteiger partial charge is 0.243 e. The Balaban J connectivity index is 2.10. The van der Waals surface area contributed by atoms with Gasteiger partial charge < -0.3 is 10.1 Å².